The van der Waals surface area contributed by atoms with E-state index in [0.29, 0.717) is 42.2 Å². The van der Waals surface area contributed by atoms with E-state index in [1.807, 2.05) is 31.3 Å². The summed E-state index contributed by atoms with van der Waals surface area (Å²) in [6, 6.07) is 11.7. The molecule has 0 aliphatic heterocycles. The van der Waals surface area contributed by atoms with Crippen molar-refractivity contribution in [2.45, 2.75) is 55.4 Å². The predicted octanol–water partition coefficient (Wildman–Crippen LogP) is 6.77. The van der Waals surface area contributed by atoms with Crippen LogP contribution in [0.5, 0.6) is 6.01 Å². The molecule has 0 atom stereocenters. The van der Waals surface area contributed by atoms with Gasteiger partial charge in [-0.15, -0.1) is 0 Å². The number of hydrogen-bond acceptors (Lipinski definition) is 11. The molecule has 0 aromatic carbocycles. The van der Waals surface area contributed by atoms with Crippen LogP contribution in [0.4, 0.5) is 17.7 Å². The molecule has 0 amide bonds. The first-order valence-corrected chi connectivity index (χ1v) is 15.6. The zero-order chi connectivity index (χ0) is 33.3. The van der Waals surface area contributed by atoms with E-state index in [-0.39, 0.29) is 0 Å². The van der Waals surface area contributed by atoms with Crippen molar-refractivity contribution in [3.63, 3.8) is 0 Å². The second-order valence-corrected chi connectivity index (χ2v) is 11.9. The second-order valence-electron chi connectivity index (χ2n) is 11.9. The van der Waals surface area contributed by atoms with Crippen LogP contribution in [-0.4, -0.2) is 68.2 Å². The molecule has 45 heavy (non-hydrogen) atoms. The lowest BCUT2D eigenvalue weighted by Crippen LogP contribution is -2.24. The average Bonchev–Trinajstić information content (AvgIpc) is 3.04. The highest BCUT2D eigenvalue weighted by Gasteiger charge is 2.04. The molecule has 0 aliphatic carbocycles. The van der Waals surface area contributed by atoms with Gasteiger partial charge >= 0.3 is 6.01 Å². The minimum absolute atomic E-state index is 0.459. The van der Waals surface area contributed by atoms with E-state index in [1.165, 1.54) is 0 Å². The average molecular weight is 619 g/mol. The Morgan fingerprint density at radius 1 is 0.578 bits per heavy atom. The lowest BCUT2D eigenvalue weighted by Gasteiger charge is -2.18. The molecule has 4 aromatic rings. The van der Waals surface area contributed by atoms with Gasteiger partial charge in [0.15, 0.2) is 0 Å². The Balaban J connectivity index is 0.000000300. The summed E-state index contributed by atoms with van der Waals surface area (Å²) in [6.07, 6.45) is 12.1. The maximum Gasteiger partial charge on any atom is 0.316 e. The van der Waals surface area contributed by atoms with Crippen LogP contribution in [0.25, 0.3) is 0 Å². The molecule has 4 aromatic heterocycles. The van der Waals surface area contributed by atoms with Crippen LogP contribution in [0.3, 0.4) is 0 Å². The Hall–Kier alpha value is -4.41. The Kier molecular flexibility index (Phi) is 20.6. The van der Waals surface area contributed by atoms with E-state index in [1.54, 1.807) is 55.5 Å². The SMILES string of the molecule is CC(C)CN(C)c1ncccn1.CC(C)CNc1ccccn1.CC(C)CNc1ncccn1.CC(C)COc1ncccn1. The molecule has 0 fully saturated rings. The number of pyridine rings is 1. The maximum absolute atomic E-state index is 5.25. The molecular formula is C34H54N10O. The molecule has 4 rings (SSSR count). The van der Waals surface area contributed by atoms with Crippen molar-refractivity contribution < 1.29 is 4.74 Å². The van der Waals surface area contributed by atoms with E-state index in [4.69, 9.17) is 4.74 Å². The van der Waals surface area contributed by atoms with Crippen LogP contribution in [0.1, 0.15) is 55.4 Å². The summed E-state index contributed by atoms with van der Waals surface area (Å²) in [6.45, 7) is 20.7. The smallest absolute Gasteiger partial charge is 0.316 e. The Morgan fingerprint density at radius 2 is 1.09 bits per heavy atom. The summed E-state index contributed by atoms with van der Waals surface area (Å²) in [5.41, 5.74) is 0. The summed E-state index contributed by atoms with van der Waals surface area (Å²) in [4.78, 5) is 30.4. The van der Waals surface area contributed by atoms with Gasteiger partial charge < -0.3 is 20.3 Å². The third kappa shape index (κ3) is 21.9. The van der Waals surface area contributed by atoms with Gasteiger partial charge in [0.05, 0.1) is 6.61 Å². The second kappa shape index (κ2) is 24.0. The van der Waals surface area contributed by atoms with Crippen molar-refractivity contribution in [1.82, 2.24) is 34.9 Å². The number of nitrogens with zero attached hydrogens (tertiary/aromatic N) is 8. The molecule has 0 bridgehead atoms. The Bertz CT molecular complexity index is 1090. The summed E-state index contributed by atoms with van der Waals surface area (Å²) < 4.78 is 5.25. The highest BCUT2D eigenvalue weighted by atomic mass is 16.5. The minimum Gasteiger partial charge on any atom is -0.463 e. The Labute approximate surface area is 270 Å². The fourth-order valence-electron chi connectivity index (χ4n) is 3.18. The van der Waals surface area contributed by atoms with Crippen molar-refractivity contribution in [2.24, 2.45) is 23.7 Å². The minimum atomic E-state index is 0.459. The zero-order valence-corrected chi connectivity index (χ0v) is 28.6. The fraction of sp³-hybridized carbons (Fsp3) is 0.500. The molecule has 0 radical (unpaired) electrons. The lowest BCUT2D eigenvalue weighted by atomic mass is 10.2. The van der Waals surface area contributed by atoms with E-state index in [2.05, 4.69) is 106 Å². The van der Waals surface area contributed by atoms with Gasteiger partial charge in [0.1, 0.15) is 5.82 Å². The third-order valence-corrected chi connectivity index (χ3v) is 5.21. The first-order chi connectivity index (χ1) is 21.6. The number of nitrogens with one attached hydrogen (secondary N) is 2. The Morgan fingerprint density at radius 3 is 1.58 bits per heavy atom. The van der Waals surface area contributed by atoms with E-state index in [9.17, 15) is 0 Å². The molecule has 11 heteroatoms. The molecule has 0 aliphatic rings. The number of ether oxygens (including phenoxy) is 1. The number of aromatic nitrogens is 7. The fourth-order valence-corrected chi connectivity index (χ4v) is 3.18. The highest BCUT2D eigenvalue weighted by Crippen LogP contribution is 2.05. The molecule has 246 valence electrons. The van der Waals surface area contributed by atoms with E-state index >= 15 is 0 Å². The topological polar surface area (TPSA) is 127 Å². The van der Waals surface area contributed by atoms with Crippen LogP contribution in [0, 0.1) is 23.7 Å². The normalized spacial score (nSPS) is 10.2. The van der Waals surface area contributed by atoms with Gasteiger partial charge in [-0.25, -0.2) is 34.9 Å². The quantitative estimate of drug-likeness (QED) is 0.175. The number of hydrogen-bond donors (Lipinski definition) is 2. The highest BCUT2D eigenvalue weighted by molar-refractivity contribution is 5.32. The van der Waals surface area contributed by atoms with Crippen molar-refractivity contribution in [3.8, 4) is 6.01 Å². The van der Waals surface area contributed by atoms with Crippen molar-refractivity contribution in [2.75, 3.05) is 48.8 Å². The first-order valence-electron chi connectivity index (χ1n) is 15.6. The van der Waals surface area contributed by atoms with Crippen LogP contribution >= 0.6 is 0 Å². The van der Waals surface area contributed by atoms with E-state index in [0.717, 1.165) is 31.4 Å². The van der Waals surface area contributed by atoms with Gasteiger partial charge in [0, 0.05) is 70.1 Å². The van der Waals surface area contributed by atoms with Crippen LogP contribution < -0.4 is 20.3 Å². The molecule has 0 spiro atoms. The van der Waals surface area contributed by atoms with Crippen LogP contribution in [-0.2, 0) is 0 Å². The molecular weight excluding hydrogens is 564 g/mol. The lowest BCUT2D eigenvalue weighted by molar-refractivity contribution is 0.251. The largest absolute Gasteiger partial charge is 0.463 e. The monoisotopic (exact) mass is 618 g/mol. The molecule has 4 heterocycles. The molecule has 0 saturated carbocycles. The summed E-state index contributed by atoms with van der Waals surface area (Å²) in [5, 5.41) is 6.35. The van der Waals surface area contributed by atoms with Gasteiger partial charge in [-0.2, -0.15) is 0 Å². The molecule has 11 nitrogen and oxygen atoms in total. The van der Waals surface area contributed by atoms with Crippen LogP contribution in [0.15, 0.2) is 79.8 Å². The molecule has 0 unspecified atom stereocenters. The zero-order valence-electron chi connectivity index (χ0n) is 28.6. The standard InChI is InChI=1S/C9H15N3.C9H14N2.C8H13N3.C8H12N2O/c1-8(2)7-12(3)9-10-5-4-6-11-9;1-8(2)7-11-9-5-3-4-6-10-9;2*1-7(2)6-11-8-9-4-3-5-10-8/h4-6,8H,7H2,1-3H3;3-6,8H,7H2,1-2H3,(H,10,11);3-5,7H,6H2,1-2H3,(H,9,10,11);3-5,7H,6H2,1-2H3. The van der Waals surface area contributed by atoms with Gasteiger partial charge in [-0.05, 0) is 54.0 Å². The summed E-state index contributed by atoms with van der Waals surface area (Å²) >= 11 is 0. The van der Waals surface area contributed by atoms with Gasteiger partial charge in [0.2, 0.25) is 11.9 Å². The van der Waals surface area contributed by atoms with Gasteiger partial charge in [0.25, 0.3) is 0 Å². The van der Waals surface area contributed by atoms with Crippen molar-refractivity contribution >= 4 is 17.7 Å². The third-order valence-electron chi connectivity index (χ3n) is 5.21. The van der Waals surface area contributed by atoms with Crippen LogP contribution in [0.2, 0.25) is 0 Å². The summed E-state index contributed by atoms with van der Waals surface area (Å²) in [7, 11) is 2.01. The van der Waals surface area contributed by atoms with Gasteiger partial charge in [-0.1, -0.05) is 61.5 Å². The van der Waals surface area contributed by atoms with Crippen molar-refractivity contribution in [3.05, 3.63) is 79.8 Å². The van der Waals surface area contributed by atoms with Gasteiger partial charge in [-0.3, -0.25) is 0 Å². The number of anilines is 3. The predicted molar refractivity (Wildman–Crippen MR) is 185 cm³/mol. The first kappa shape index (κ1) is 38.6. The molecule has 2 N–H and O–H groups in total. The molecule has 0 saturated heterocycles. The van der Waals surface area contributed by atoms with E-state index < -0.39 is 0 Å². The van der Waals surface area contributed by atoms with Crippen molar-refractivity contribution in [1.29, 1.82) is 0 Å². The number of rotatable bonds is 12. The maximum atomic E-state index is 5.25. The summed E-state index contributed by atoms with van der Waals surface area (Å²) in [5.74, 6) is 4.90.